The predicted octanol–water partition coefficient (Wildman–Crippen LogP) is 6.62. The molecular formula is C39H44F2N7O4P. The fraction of sp³-hybridized carbons (Fsp3) is 0.462. The Hall–Kier alpha value is -4.66. The van der Waals surface area contributed by atoms with Gasteiger partial charge in [0.25, 0.3) is 5.91 Å². The van der Waals surface area contributed by atoms with Crippen molar-refractivity contribution < 1.29 is 28.0 Å². The Labute approximate surface area is 307 Å². The second-order valence-electron chi connectivity index (χ2n) is 14.6. The summed E-state index contributed by atoms with van der Waals surface area (Å²) < 4.78 is 50.9. The first-order valence-electron chi connectivity index (χ1n) is 18.3. The Bertz CT molecular complexity index is 2210. The summed E-state index contributed by atoms with van der Waals surface area (Å²) in [5.74, 6) is 0.611. The highest BCUT2D eigenvalue weighted by Gasteiger charge is 2.47. The first-order valence-corrected chi connectivity index (χ1v) is 20.9. The summed E-state index contributed by atoms with van der Waals surface area (Å²) in [5.41, 5.74) is -0.684. The van der Waals surface area contributed by atoms with Crippen LogP contribution in [-0.2, 0) is 9.36 Å². The van der Waals surface area contributed by atoms with Crippen LogP contribution in [0, 0.1) is 29.4 Å². The van der Waals surface area contributed by atoms with Crippen molar-refractivity contribution in [2.75, 3.05) is 51.0 Å². The number of carbonyl (C=O) groups is 1. The molecule has 11 nitrogen and oxygen atoms in total. The molecule has 8 rings (SSSR count). The molecule has 2 bridgehead atoms. The number of hydrogen-bond donors (Lipinski definition) is 2. The van der Waals surface area contributed by atoms with Crippen molar-refractivity contribution in [2.24, 2.45) is 0 Å². The number of anilines is 1. The van der Waals surface area contributed by atoms with Gasteiger partial charge in [-0.1, -0.05) is 25.8 Å². The molecule has 2 aromatic carbocycles. The van der Waals surface area contributed by atoms with Crippen LogP contribution in [0.1, 0.15) is 57.9 Å². The number of hydrogen-bond acceptors (Lipinski definition) is 10. The van der Waals surface area contributed by atoms with E-state index in [9.17, 15) is 18.9 Å². The number of benzene rings is 2. The largest absolute Gasteiger partial charge is 0.508 e. The highest BCUT2D eigenvalue weighted by atomic mass is 31.2. The van der Waals surface area contributed by atoms with Gasteiger partial charge in [-0.25, -0.2) is 8.78 Å². The van der Waals surface area contributed by atoms with Crippen molar-refractivity contribution >= 4 is 46.0 Å². The number of piperazine rings is 1. The molecule has 278 valence electrons. The van der Waals surface area contributed by atoms with Crippen molar-refractivity contribution in [3.05, 3.63) is 47.7 Å². The van der Waals surface area contributed by atoms with Gasteiger partial charge >= 0.3 is 6.01 Å². The molecule has 4 aliphatic rings. The Morgan fingerprint density at radius 1 is 1.11 bits per heavy atom. The maximum atomic E-state index is 17.0. The number of amides is 1. The van der Waals surface area contributed by atoms with Crippen LogP contribution >= 0.6 is 7.14 Å². The average Bonchev–Trinajstić information content (AvgIpc) is 3.81. The van der Waals surface area contributed by atoms with E-state index in [4.69, 9.17) is 21.6 Å². The van der Waals surface area contributed by atoms with Gasteiger partial charge in [-0.3, -0.25) is 20.1 Å². The highest BCUT2D eigenvalue weighted by molar-refractivity contribution is 7.82. The Morgan fingerprint density at radius 3 is 2.43 bits per heavy atom. The fourth-order valence-electron chi connectivity index (χ4n) is 8.69. The molecule has 2 N–H and O–H groups in total. The zero-order valence-corrected chi connectivity index (χ0v) is 31.3. The van der Waals surface area contributed by atoms with Crippen LogP contribution in [0.3, 0.4) is 0 Å². The zero-order valence-electron chi connectivity index (χ0n) is 30.5. The number of phenolic OH excluding ortho intramolecular Hbond substituents is 1. The molecule has 0 saturated carbocycles. The number of nitrogens with one attached hydrogen (secondary N) is 1. The minimum absolute atomic E-state index is 0.00309. The minimum atomic E-state index is -3.06. The van der Waals surface area contributed by atoms with Gasteiger partial charge in [0.15, 0.2) is 11.3 Å². The van der Waals surface area contributed by atoms with Crippen molar-refractivity contribution in [3.63, 3.8) is 0 Å². The molecule has 2 aromatic heterocycles. The molecule has 4 aliphatic heterocycles. The fourth-order valence-corrected chi connectivity index (χ4v) is 9.26. The molecule has 4 aromatic rings. The number of phenols is 1. The van der Waals surface area contributed by atoms with E-state index in [0.717, 1.165) is 38.8 Å². The minimum Gasteiger partial charge on any atom is -0.508 e. The summed E-state index contributed by atoms with van der Waals surface area (Å²) in [5, 5.41) is 19.9. The van der Waals surface area contributed by atoms with Crippen LogP contribution in [-0.4, -0.2) is 105 Å². The Balaban J connectivity index is 0.00000214. The average molecular weight is 744 g/mol. The van der Waals surface area contributed by atoms with E-state index in [1.54, 1.807) is 4.90 Å². The standard InChI is InChI=1S/C37H38F2N7O4P.C2H6/c1-4-25-28(38)10-7-21-15-24(47)16-26(29(21)25)31-30(39)32-27(17-41-31)34(43-36(42-32)50-20-37-11-5-13-45(37)14-6-12-37)44-18-22-8-9-23(19-44)46(22)35(48)33(40)51(2,3)49;1-2/h1,7,10,15-17,22-23,40,47H,5-6,8-9,11-14,18-20H2,2-3H3;1-2H3/t22-,23?;/m1./s1. The summed E-state index contributed by atoms with van der Waals surface area (Å²) in [6.07, 6.45) is 12.7. The van der Waals surface area contributed by atoms with Crippen LogP contribution in [0.5, 0.6) is 11.8 Å². The molecule has 4 saturated heterocycles. The molecular weight excluding hydrogens is 699 g/mol. The van der Waals surface area contributed by atoms with Crippen LogP contribution in [0.4, 0.5) is 14.6 Å². The molecule has 6 heterocycles. The van der Waals surface area contributed by atoms with Gasteiger partial charge in [0.2, 0.25) is 0 Å². The molecule has 4 fully saturated rings. The monoisotopic (exact) mass is 743 g/mol. The van der Waals surface area contributed by atoms with Gasteiger partial charge in [-0.05, 0) is 88.5 Å². The smallest absolute Gasteiger partial charge is 0.319 e. The number of halogens is 2. The molecule has 0 radical (unpaired) electrons. The lowest BCUT2D eigenvalue weighted by molar-refractivity contribution is -0.127. The second kappa shape index (κ2) is 14.0. The molecule has 0 spiro atoms. The number of aromatic nitrogens is 3. The third-order valence-electron chi connectivity index (χ3n) is 11.1. The summed E-state index contributed by atoms with van der Waals surface area (Å²) in [7, 11) is -3.06. The van der Waals surface area contributed by atoms with Crippen LogP contribution in [0.15, 0.2) is 30.5 Å². The van der Waals surface area contributed by atoms with E-state index in [-0.39, 0.29) is 62.6 Å². The second-order valence-corrected chi connectivity index (χ2v) is 17.7. The molecule has 14 heteroatoms. The van der Waals surface area contributed by atoms with E-state index >= 15 is 4.39 Å². The molecule has 0 aliphatic carbocycles. The Morgan fingerprint density at radius 2 is 1.79 bits per heavy atom. The van der Waals surface area contributed by atoms with Crippen molar-refractivity contribution in [3.8, 4) is 35.4 Å². The third-order valence-corrected chi connectivity index (χ3v) is 12.4. The number of fused-ring (bicyclic) bond motifs is 5. The zero-order chi connectivity index (χ0) is 37.8. The summed E-state index contributed by atoms with van der Waals surface area (Å²) in [4.78, 5) is 33.4. The SMILES string of the molecule is C#Cc1c(F)ccc2cc(O)cc(-c3ncc4c(N5CC6CC[C@H](C5)N6C(=O)C(=N)P(C)(C)=O)nc(OCC56CCCN5CCC6)nc4c3F)c12.CC. The van der Waals surface area contributed by atoms with Crippen LogP contribution in [0.2, 0.25) is 0 Å². The summed E-state index contributed by atoms with van der Waals surface area (Å²) >= 11 is 0. The quantitative estimate of drug-likeness (QED) is 0.122. The number of terminal acetylenes is 1. The number of nitrogens with zero attached hydrogens (tertiary/aromatic N) is 6. The van der Waals surface area contributed by atoms with Crippen molar-refractivity contribution in [1.82, 2.24) is 24.8 Å². The molecule has 1 amide bonds. The lowest BCUT2D eigenvalue weighted by Gasteiger charge is -2.42. The summed E-state index contributed by atoms with van der Waals surface area (Å²) in [6, 6.07) is 4.88. The normalized spacial score (nSPS) is 20.6. The first kappa shape index (κ1) is 36.7. The molecule has 53 heavy (non-hydrogen) atoms. The van der Waals surface area contributed by atoms with Crippen LogP contribution < -0.4 is 9.64 Å². The predicted molar refractivity (Wildman–Crippen MR) is 202 cm³/mol. The number of ether oxygens (including phenoxy) is 1. The lowest BCUT2D eigenvalue weighted by Crippen LogP contribution is -2.57. The highest BCUT2D eigenvalue weighted by Crippen LogP contribution is 2.43. The number of carbonyl (C=O) groups excluding carboxylic acids is 1. The maximum Gasteiger partial charge on any atom is 0.319 e. The third kappa shape index (κ3) is 6.29. The Kier molecular flexibility index (Phi) is 9.66. The number of rotatable bonds is 7. The van der Waals surface area contributed by atoms with E-state index < -0.39 is 24.7 Å². The van der Waals surface area contributed by atoms with Gasteiger partial charge in [0.05, 0.1) is 28.6 Å². The van der Waals surface area contributed by atoms with Crippen LogP contribution in [0.25, 0.3) is 32.9 Å². The van der Waals surface area contributed by atoms with E-state index in [1.807, 2.05) is 18.7 Å². The molecule has 2 atom stereocenters. The van der Waals surface area contributed by atoms with Crippen molar-refractivity contribution in [2.45, 2.75) is 70.0 Å². The van der Waals surface area contributed by atoms with Gasteiger partial charge in [0.1, 0.15) is 42.3 Å². The molecule has 1 unspecified atom stereocenters. The lowest BCUT2D eigenvalue weighted by atomic mass is 9.95. The first-order chi connectivity index (χ1) is 25.4. The number of aromatic hydroxyl groups is 1. The van der Waals surface area contributed by atoms with Gasteiger partial charge in [-0.15, -0.1) is 6.42 Å². The van der Waals surface area contributed by atoms with E-state index in [1.165, 1.54) is 43.8 Å². The van der Waals surface area contributed by atoms with Gasteiger partial charge in [-0.2, -0.15) is 9.97 Å². The maximum absolute atomic E-state index is 17.0. The summed E-state index contributed by atoms with van der Waals surface area (Å²) in [6.45, 7) is 9.91. The van der Waals surface area contributed by atoms with Gasteiger partial charge < -0.3 is 24.2 Å². The van der Waals surface area contributed by atoms with E-state index in [2.05, 4.69) is 20.8 Å². The van der Waals surface area contributed by atoms with Gasteiger partial charge in [0, 0.05) is 30.2 Å². The van der Waals surface area contributed by atoms with Crippen molar-refractivity contribution in [1.29, 1.82) is 5.41 Å². The topological polar surface area (TPSA) is 136 Å². The van der Waals surface area contributed by atoms with E-state index in [0.29, 0.717) is 49.1 Å². The number of pyridine rings is 1.